The number of hydrogen-bond acceptors (Lipinski definition) is 2. The zero-order valence-corrected chi connectivity index (χ0v) is 9.37. The van der Waals surface area contributed by atoms with Crippen LogP contribution >= 0.6 is 11.6 Å². The molecule has 0 unspecified atom stereocenters. The summed E-state index contributed by atoms with van der Waals surface area (Å²) in [5.41, 5.74) is -0.359. The van der Waals surface area contributed by atoms with Crippen molar-refractivity contribution in [3.8, 4) is 0 Å². The maximum Gasteiger partial charge on any atom is 0.328 e. The Morgan fingerprint density at radius 3 is 2.71 bits per heavy atom. The molecule has 2 aromatic rings. The Labute approximate surface area is 100 Å². The minimum atomic E-state index is -0.537. The molecule has 4 nitrogen and oxygen atoms in total. The highest BCUT2D eigenvalue weighted by molar-refractivity contribution is 6.30. The summed E-state index contributed by atoms with van der Waals surface area (Å²) >= 11 is 5.61. The third kappa shape index (κ3) is 2.45. The summed E-state index contributed by atoms with van der Waals surface area (Å²) in [4.78, 5) is 25.2. The summed E-state index contributed by atoms with van der Waals surface area (Å²) in [6.45, 7) is 0.0506. The van der Waals surface area contributed by atoms with Crippen LogP contribution in [0.15, 0.2) is 40.1 Å². The number of halogens is 2. The van der Waals surface area contributed by atoms with Crippen molar-refractivity contribution in [3.63, 3.8) is 0 Å². The maximum atomic E-state index is 12.9. The van der Waals surface area contributed by atoms with Gasteiger partial charge in [-0.1, -0.05) is 17.7 Å². The van der Waals surface area contributed by atoms with E-state index in [0.29, 0.717) is 5.56 Å². The van der Waals surface area contributed by atoms with Gasteiger partial charge in [-0.15, -0.1) is 0 Å². The zero-order valence-electron chi connectivity index (χ0n) is 8.61. The lowest BCUT2D eigenvalue weighted by atomic mass is 10.2. The number of H-pyrrole nitrogens is 1. The van der Waals surface area contributed by atoms with Gasteiger partial charge in [-0.2, -0.15) is 0 Å². The van der Waals surface area contributed by atoms with Gasteiger partial charge in [0.1, 0.15) is 5.82 Å². The molecule has 1 aromatic heterocycles. The van der Waals surface area contributed by atoms with Gasteiger partial charge in [-0.05, 0) is 17.7 Å². The van der Waals surface area contributed by atoms with Crippen LogP contribution < -0.4 is 11.2 Å². The van der Waals surface area contributed by atoms with E-state index in [9.17, 15) is 14.0 Å². The molecule has 0 radical (unpaired) electrons. The number of aromatic nitrogens is 2. The van der Waals surface area contributed by atoms with Gasteiger partial charge in [-0.3, -0.25) is 9.36 Å². The Balaban J connectivity index is 2.42. The maximum absolute atomic E-state index is 12.9. The molecule has 0 spiro atoms. The third-order valence-electron chi connectivity index (χ3n) is 2.27. The standard InChI is InChI=1S/C11H8ClFN2O2/c12-8-5-7(1-2-9(8)13)6-15-10(16)3-4-14-11(15)17/h1-5H,6H2,(H,14,17). The molecule has 0 aliphatic carbocycles. The molecule has 0 bridgehead atoms. The van der Waals surface area contributed by atoms with Gasteiger partial charge in [0.05, 0.1) is 11.6 Å². The van der Waals surface area contributed by atoms with Crippen LogP contribution in [0.4, 0.5) is 4.39 Å². The van der Waals surface area contributed by atoms with Gasteiger partial charge in [0.2, 0.25) is 0 Å². The molecule has 1 aromatic carbocycles. The second-order valence-electron chi connectivity index (χ2n) is 3.46. The highest BCUT2D eigenvalue weighted by atomic mass is 35.5. The molecular formula is C11H8ClFN2O2. The minimum Gasteiger partial charge on any atom is -0.314 e. The van der Waals surface area contributed by atoms with E-state index in [2.05, 4.69) is 4.98 Å². The van der Waals surface area contributed by atoms with Crippen molar-refractivity contribution in [1.29, 1.82) is 0 Å². The Hall–Kier alpha value is -1.88. The van der Waals surface area contributed by atoms with Crippen molar-refractivity contribution in [2.24, 2.45) is 0 Å². The molecule has 1 N–H and O–H groups in total. The van der Waals surface area contributed by atoms with Crippen LogP contribution in [0, 0.1) is 5.82 Å². The number of rotatable bonds is 2. The highest BCUT2D eigenvalue weighted by Crippen LogP contribution is 2.16. The van der Waals surface area contributed by atoms with Crippen LogP contribution in [0.3, 0.4) is 0 Å². The molecule has 17 heavy (non-hydrogen) atoms. The van der Waals surface area contributed by atoms with Crippen molar-refractivity contribution < 1.29 is 4.39 Å². The number of aromatic amines is 1. The van der Waals surface area contributed by atoms with E-state index < -0.39 is 17.1 Å². The van der Waals surface area contributed by atoms with Gasteiger partial charge in [0.25, 0.3) is 5.56 Å². The Bertz CT molecular complexity index is 635. The Morgan fingerprint density at radius 1 is 1.29 bits per heavy atom. The molecule has 0 fully saturated rings. The number of nitrogens with zero attached hydrogens (tertiary/aromatic N) is 1. The zero-order chi connectivity index (χ0) is 12.4. The van der Waals surface area contributed by atoms with Crippen molar-refractivity contribution in [1.82, 2.24) is 9.55 Å². The summed E-state index contributed by atoms with van der Waals surface area (Å²) in [7, 11) is 0. The van der Waals surface area contributed by atoms with Crippen LogP contribution in [0.25, 0.3) is 0 Å². The Morgan fingerprint density at radius 2 is 2.06 bits per heavy atom. The number of nitrogens with one attached hydrogen (secondary N) is 1. The van der Waals surface area contributed by atoms with Crippen LogP contribution in [-0.2, 0) is 6.54 Å². The van der Waals surface area contributed by atoms with Gasteiger partial charge >= 0.3 is 5.69 Å². The smallest absolute Gasteiger partial charge is 0.314 e. The van der Waals surface area contributed by atoms with E-state index in [1.165, 1.54) is 30.5 Å². The van der Waals surface area contributed by atoms with E-state index >= 15 is 0 Å². The summed E-state index contributed by atoms with van der Waals surface area (Å²) in [6, 6.07) is 5.29. The molecule has 1 heterocycles. The number of benzene rings is 1. The topological polar surface area (TPSA) is 54.9 Å². The summed E-state index contributed by atoms with van der Waals surface area (Å²) in [5, 5.41) is -0.0390. The fourth-order valence-electron chi connectivity index (χ4n) is 1.42. The molecule has 0 aliphatic rings. The van der Waals surface area contributed by atoms with E-state index in [-0.39, 0.29) is 11.6 Å². The predicted molar refractivity (Wildman–Crippen MR) is 61.8 cm³/mol. The molecule has 0 atom stereocenters. The molecule has 6 heteroatoms. The first-order valence-corrected chi connectivity index (χ1v) is 5.18. The van der Waals surface area contributed by atoms with Gasteiger partial charge in [-0.25, -0.2) is 9.18 Å². The summed E-state index contributed by atoms with van der Waals surface area (Å²) < 4.78 is 13.9. The fraction of sp³-hybridized carbons (Fsp3) is 0.0909. The first-order valence-electron chi connectivity index (χ1n) is 4.80. The summed E-state index contributed by atoms with van der Waals surface area (Å²) in [6.07, 6.45) is 1.28. The average Bonchev–Trinajstić information content (AvgIpc) is 2.28. The second kappa shape index (κ2) is 4.55. The molecule has 0 saturated heterocycles. The van der Waals surface area contributed by atoms with Crippen LogP contribution in [0.1, 0.15) is 5.56 Å². The van der Waals surface area contributed by atoms with Crippen molar-refractivity contribution in [3.05, 3.63) is 67.7 Å². The van der Waals surface area contributed by atoms with Crippen LogP contribution in [-0.4, -0.2) is 9.55 Å². The first kappa shape index (κ1) is 11.6. The molecule has 88 valence electrons. The molecule has 2 rings (SSSR count). The molecular weight excluding hydrogens is 247 g/mol. The SMILES string of the molecule is O=c1cc[nH]c(=O)n1Cc1ccc(F)c(Cl)c1. The second-order valence-corrected chi connectivity index (χ2v) is 3.86. The third-order valence-corrected chi connectivity index (χ3v) is 2.56. The minimum absolute atomic E-state index is 0.0390. The predicted octanol–water partition coefficient (Wildman–Crippen LogP) is 1.38. The lowest BCUT2D eigenvalue weighted by molar-refractivity contribution is 0.625. The van der Waals surface area contributed by atoms with E-state index in [0.717, 1.165) is 4.57 Å². The number of hydrogen-bond donors (Lipinski definition) is 1. The molecule has 0 amide bonds. The van der Waals surface area contributed by atoms with E-state index in [1.807, 2.05) is 0 Å². The largest absolute Gasteiger partial charge is 0.328 e. The van der Waals surface area contributed by atoms with Gasteiger partial charge in [0.15, 0.2) is 0 Å². The van der Waals surface area contributed by atoms with Crippen molar-refractivity contribution in [2.45, 2.75) is 6.54 Å². The molecule has 0 saturated carbocycles. The van der Waals surface area contributed by atoms with Crippen LogP contribution in [0.2, 0.25) is 5.02 Å². The Kier molecular flexibility index (Phi) is 3.10. The fourth-order valence-corrected chi connectivity index (χ4v) is 1.63. The van der Waals surface area contributed by atoms with Crippen molar-refractivity contribution in [2.75, 3.05) is 0 Å². The lowest BCUT2D eigenvalue weighted by Crippen LogP contribution is -2.34. The highest BCUT2D eigenvalue weighted by Gasteiger charge is 2.04. The van der Waals surface area contributed by atoms with Gasteiger partial charge < -0.3 is 4.98 Å². The first-order chi connectivity index (χ1) is 8.08. The normalized spacial score (nSPS) is 10.5. The van der Waals surface area contributed by atoms with Crippen LogP contribution in [0.5, 0.6) is 0 Å². The van der Waals surface area contributed by atoms with E-state index in [1.54, 1.807) is 0 Å². The van der Waals surface area contributed by atoms with Gasteiger partial charge in [0, 0.05) is 12.3 Å². The quantitative estimate of drug-likeness (QED) is 0.880. The monoisotopic (exact) mass is 254 g/mol. The lowest BCUT2D eigenvalue weighted by Gasteiger charge is -2.04. The van der Waals surface area contributed by atoms with E-state index in [4.69, 9.17) is 11.6 Å². The van der Waals surface area contributed by atoms with Crippen molar-refractivity contribution >= 4 is 11.6 Å². The summed E-state index contributed by atoms with van der Waals surface area (Å²) in [5.74, 6) is -0.537. The molecule has 0 aliphatic heterocycles. The average molecular weight is 255 g/mol.